The Morgan fingerprint density at radius 1 is 1.38 bits per heavy atom. The van der Waals surface area contributed by atoms with E-state index in [-0.39, 0.29) is 10.2 Å². The van der Waals surface area contributed by atoms with Crippen LogP contribution in [0.15, 0.2) is 40.6 Å². The second-order valence-corrected chi connectivity index (χ2v) is 5.28. The Labute approximate surface area is 128 Å². The number of rotatable bonds is 3. The monoisotopic (exact) mass is 352 g/mol. The zero-order valence-corrected chi connectivity index (χ0v) is 12.5. The van der Waals surface area contributed by atoms with Crippen LogP contribution in [0, 0.1) is 11.7 Å². The molecular weight excluding hydrogens is 343 g/mol. The molecule has 0 bridgehead atoms. The standard InChI is InChI=1S/C15H10BrFO4/c1-8-6-13(19)14(15(20)21-8)12(18)5-3-9-2-4-11(17)10(16)7-9/h2-7,14H,1H3. The van der Waals surface area contributed by atoms with E-state index in [1.165, 1.54) is 31.2 Å². The highest BCUT2D eigenvalue weighted by molar-refractivity contribution is 9.10. The van der Waals surface area contributed by atoms with Crippen molar-refractivity contribution < 1.29 is 23.5 Å². The number of halogens is 2. The van der Waals surface area contributed by atoms with Crippen LogP contribution in [0.5, 0.6) is 0 Å². The minimum Gasteiger partial charge on any atom is -0.430 e. The number of carbonyl (C=O) groups excluding carboxylic acids is 3. The predicted molar refractivity (Wildman–Crippen MR) is 76.5 cm³/mol. The van der Waals surface area contributed by atoms with Crippen molar-refractivity contribution in [3.63, 3.8) is 0 Å². The van der Waals surface area contributed by atoms with Gasteiger partial charge in [0.2, 0.25) is 0 Å². The lowest BCUT2D eigenvalue weighted by Gasteiger charge is -2.15. The molecule has 1 aliphatic rings. The molecule has 1 aromatic rings. The van der Waals surface area contributed by atoms with Gasteiger partial charge in [0, 0.05) is 6.08 Å². The van der Waals surface area contributed by atoms with Gasteiger partial charge in [0.25, 0.3) is 0 Å². The molecule has 0 saturated carbocycles. The van der Waals surface area contributed by atoms with Gasteiger partial charge in [0.15, 0.2) is 17.5 Å². The van der Waals surface area contributed by atoms with E-state index in [1.807, 2.05) is 0 Å². The number of hydrogen-bond donors (Lipinski definition) is 0. The van der Waals surface area contributed by atoms with E-state index in [4.69, 9.17) is 4.74 Å². The van der Waals surface area contributed by atoms with Crippen molar-refractivity contribution in [3.05, 3.63) is 52.0 Å². The maximum atomic E-state index is 13.1. The third kappa shape index (κ3) is 3.52. The Morgan fingerprint density at radius 2 is 2.10 bits per heavy atom. The molecule has 1 heterocycles. The van der Waals surface area contributed by atoms with Gasteiger partial charge in [-0.05, 0) is 46.6 Å². The maximum absolute atomic E-state index is 13.1. The lowest BCUT2D eigenvalue weighted by molar-refractivity contribution is -0.151. The first kappa shape index (κ1) is 15.3. The normalized spacial score (nSPS) is 18.6. The first-order valence-electron chi connectivity index (χ1n) is 5.99. The van der Waals surface area contributed by atoms with Gasteiger partial charge in [-0.1, -0.05) is 12.1 Å². The van der Waals surface area contributed by atoms with Crippen LogP contribution in [-0.4, -0.2) is 17.5 Å². The van der Waals surface area contributed by atoms with Crippen molar-refractivity contribution in [3.8, 4) is 0 Å². The fourth-order valence-electron chi connectivity index (χ4n) is 1.79. The molecule has 1 aliphatic heterocycles. The first-order chi connectivity index (χ1) is 9.88. The molecule has 0 saturated heterocycles. The Balaban J connectivity index is 2.17. The molecule has 2 rings (SSSR count). The summed E-state index contributed by atoms with van der Waals surface area (Å²) in [5.74, 6) is -3.87. The van der Waals surface area contributed by atoms with E-state index in [2.05, 4.69) is 15.9 Å². The summed E-state index contributed by atoms with van der Waals surface area (Å²) in [7, 11) is 0. The molecule has 1 atom stereocenters. The molecule has 6 heteroatoms. The minimum atomic E-state index is -1.46. The zero-order chi connectivity index (χ0) is 15.6. The third-order valence-corrected chi connectivity index (χ3v) is 3.40. The van der Waals surface area contributed by atoms with E-state index in [0.717, 1.165) is 12.2 Å². The Morgan fingerprint density at radius 3 is 2.71 bits per heavy atom. The Bertz CT molecular complexity index is 691. The van der Waals surface area contributed by atoms with Gasteiger partial charge >= 0.3 is 5.97 Å². The summed E-state index contributed by atoms with van der Waals surface area (Å²) in [6.45, 7) is 1.46. The summed E-state index contributed by atoms with van der Waals surface area (Å²) in [4.78, 5) is 35.2. The van der Waals surface area contributed by atoms with Crippen LogP contribution in [0.3, 0.4) is 0 Å². The van der Waals surface area contributed by atoms with Crippen LogP contribution >= 0.6 is 15.9 Å². The van der Waals surface area contributed by atoms with E-state index in [1.54, 1.807) is 0 Å². The average molecular weight is 353 g/mol. The topological polar surface area (TPSA) is 60.4 Å². The molecule has 0 aliphatic carbocycles. The number of esters is 1. The average Bonchev–Trinajstić information content (AvgIpc) is 2.39. The van der Waals surface area contributed by atoms with Gasteiger partial charge in [-0.15, -0.1) is 0 Å². The van der Waals surface area contributed by atoms with Crippen molar-refractivity contribution in [1.29, 1.82) is 0 Å². The van der Waals surface area contributed by atoms with Crippen molar-refractivity contribution in [2.75, 3.05) is 0 Å². The molecule has 21 heavy (non-hydrogen) atoms. The molecular formula is C15H10BrFO4. The number of ether oxygens (including phenoxy) is 1. The number of hydrogen-bond acceptors (Lipinski definition) is 4. The Kier molecular flexibility index (Phi) is 4.47. The lowest BCUT2D eigenvalue weighted by atomic mass is 9.96. The largest absolute Gasteiger partial charge is 0.430 e. The van der Waals surface area contributed by atoms with E-state index in [0.29, 0.717) is 5.56 Å². The molecule has 1 unspecified atom stereocenters. The van der Waals surface area contributed by atoms with Crippen molar-refractivity contribution in [2.45, 2.75) is 6.92 Å². The summed E-state index contributed by atoms with van der Waals surface area (Å²) < 4.78 is 18.1. The van der Waals surface area contributed by atoms with E-state index >= 15 is 0 Å². The predicted octanol–water partition coefficient (Wildman–Crippen LogP) is 2.82. The van der Waals surface area contributed by atoms with Gasteiger partial charge < -0.3 is 4.74 Å². The van der Waals surface area contributed by atoms with Gasteiger partial charge in [-0.2, -0.15) is 0 Å². The molecule has 0 fully saturated rings. The lowest BCUT2D eigenvalue weighted by Crippen LogP contribution is -2.34. The van der Waals surface area contributed by atoms with Gasteiger partial charge in [-0.25, -0.2) is 4.39 Å². The molecule has 0 aromatic heterocycles. The smallest absolute Gasteiger partial charge is 0.329 e. The molecule has 0 N–H and O–H groups in total. The molecule has 1 aromatic carbocycles. The highest BCUT2D eigenvalue weighted by Gasteiger charge is 2.36. The van der Waals surface area contributed by atoms with E-state index in [9.17, 15) is 18.8 Å². The number of cyclic esters (lactones) is 1. The summed E-state index contributed by atoms with van der Waals surface area (Å²) in [5.41, 5.74) is 0.556. The second-order valence-electron chi connectivity index (χ2n) is 4.42. The maximum Gasteiger partial charge on any atom is 0.329 e. The van der Waals surface area contributed by atoms with Gasteiger partial charge in [0.05, 0.1) is 4.47 Å². The number of benzene rings is 1. The minimum absolute atomic E-state index is 0.167. The van der Waals surface area contributed by atoms with Crippen LogP contribution < -0.4 is 0 Å². The van der Waals surface area contributed by atoms with Crippen LogP contribution in [-0.2, 0) is 19.1 Å². The van der Waals surface area contributed by atoms with Crippen LogP contribution in [0.1, 0.15) is 12.5 Å². The van der Waals surface area contributed by atoms with Crippen LogP contribution in [0.2, 0.25) is 0 Å². The van der Waals surface area contributed by atoms with Crippen LogP contribution in [0.25, 0.3) is 6.08 Å². The summed E-state index contributed by atoms with van der Waals surface area (Å²) in [6.07, 6.45) is 3.63. The highest BCUT2D eigenvalue weighted by Crippen LogP contribution is 2.19. The number of allylic oxidation sites excluding steroid dienone is 3. The highest BCUT2D eigenvalue weighted by atomic mass is 79.9. The Hall–Kier alpha value is -2.08. The van der Waals surface area contributed by atoms with Crippen molar-refractivity contribution in [1.82, 2.24) is 0 Å². The molecule has 0 amide bonds. The van der Waals surface area contributed by atoms with Gasteiger partial charge in [0.1, 0.15) is 11.6 Å². The summed E-state index contributed by atoms with van der Waals surface area (Å²) in [6, 6.07) is 4.18. The fraction of sp³-hybridized carbons (Fsp3) is 0.133. The fourth-order valence-corrected chi connectivity index (χ4v) is 2.19. The zero-order valence-electron chi connectivity index (χ0n) is 10.9. The summed E-state index contributed by atoms with van der Waals surface area (Å²) in [5, 5.41) is 0. The van der Waals surface area contributed by atoms with Gasteiger partial charge in [-0.3, -0.25) is 14.4 Å². The second kappa shape index (κ2) is 6.13. The molecule has 108 valence electrons. The SMILES string of the molecule is CC1=CC(=O)C(C(=O)C=Cc2ccc(F)c(Br)c2)C(=O)O1. The first-order valence-corrected chi connectivity index (χ1v) is 6.78. The molecule has 4 nitrogen and oxygen atoms in total. The van der Waals surface area contributed by atoms with Crippen molar-refractivity contribution in [2.24, 2.45) is 5.92 Å². The van der Waals surface area contributed by atoms with E-state index < -0.39 is 29.3 Å². The molecule has 0 radical (unpaired) electrons. The summed E-state index contributed by atoms with van der Waals surface area (Å²) >= 11 is 3.03. The number of carbonyl (C=O) groups is 3. The van der Waals surface area contributed by atoms with Crippen molar-refractivity contribution >= 4 is 39.5 Å². The third-order valence-electron chi connectivity index (χ3n) is 2.80. The molecule has 0 spiro atoms. The number of ketones is 2. The quantitative estimate of drug-likeness (QED) is 0.476. The van der Waals surface area contributed by atoms with Crippen LogP contribution in [0.4, 0.5) is 4.39 Å².